The summed E-state index contributed by atoms with van der Waals surface area (Å²) in [5.41, 5.74) is 1.83. The molecule has 3 rings (SSSR count). The first kappa shape index (κ1) is 14.7. The number of hydrogen-bond acceptors (Lipinski definition) is 3. The molecule has 0 unspecified atom stereocenters. The van der Waals surface area contributed by atoms with Gasteiger partial charge in [0, 0.05) is 0 Å². The molecule has 1 aliphatic heterocycles. The summed E-state index contributed by atoms with van der Waals surface area (Å²) in [6.45, 7) is 3.98. The number of nitrogens with zero attached hydrogens (tertiary/aromatic N) is 2. The molecule has 0 bridgehead atoms. The standard InChI is InChI=1S/C19H20N2O/c1-18(2)13-17(20-21-18)19(14-22,15-9-5-3-6-10-15)16-11-7-4-8-12-16/h3-13,22H,14H2,1-2H3. The molecular formula is C19H20N2O. The second kappa shape index (κ2) is 5.50. The van der Waals surface area contributed by atoms with Crippen molar-refractivity contribution in [3.05, 3.63) is 83.6 Å². The molecule has 2 aromatic carbocycles. The van der Waals surface area contributed by atoms with E-state index in [0.717, 1.165) is 16.8 Å². The van der Waals surface area contributed by atoms with Crippen molar-refractivity contribution in [1.29, 1.82) is 0 Å². The molecule has 0 saturated heterocycles. The monoisotopic (exact) mass is 292 g/mol. The first-order valence-electron chi connectivity index (χ1n) is 7.47. The Kier molecular flexibility index (Phi) is 3.67. The fraction of sp³-hybridized carbons (Fsp3) is 0.263. The minimum Gasteiger partial charge on any atom is -0.395 e. The van der Waals surface area contributed by atoms with E-state index in [9.17, 15) is 5.11 Å². The Morgan fingerprint density at radius 1 is 0.909 bits per heavy atom. The SMILES string of the molecule is CC1(C)C=C(C(CO)(c2ccccc2)c2ccccc2)N=N1. The number of aliphatic hydroxyl groups is 1. The van der Waals surface area contributed by atoms with Crippen molar-refractivity contribution in [1.82, 2.24) is 0 Å². The Morgan fingerprint density at radius 3 is 1.77 bits per heavy atom. The van der Waals surface area contributed by atoms with Gasteiger partial charge in [0.1, 0.15) is 0 Å². The van der Waals surface area contributed by atoms with Crippen molar-refractivity contribution in [2.75, 3.05) is 6.61 Å². The first-order chi connectivity index (χ1) is 10.6. The van der Waals surface area contributed by atoms with Gasteiger partial charge in [0.25, 0.3) is 0 Å². The molecule has 0 amide bonds. The summed E-state index contributed by atoms with van der Waals surface area (Å²) >= 11 is 0. The lowest BCUT2D eigenvalue weighted by atomic mass is 9.72. The van der Waals surface area contributed by atoms with E-state index < -0.39 is 5.41 Å². The summed E-state index contributed by atoms with van der Waals surface area (Å²) in [5, 5.41) is 19.1. The van der Waals surface area contributed by atoms with Crippen LogP contribution in [0.25, 0.3) is 0 Å². The second-order valence-electron chi connectivity index (χ2n) is 6.18. The molecule has 0 radical (unpaired) electrons. The summed E-state index contributed by atoms with van der Waals surface area (Å²) in [6, 6.07) is 20.0. The minimum atomic E-state index is -0.681. The Hall–Kier alpha value is -2.26. The average molecular weight is 292 g/mol. The van der Waals surface area contributed by atoms with Crippen molar-refractivity contribution < 1.29 is 5.11 Å². The maximum atomic E-state index is 10.4. The van der Waals surface area contributed by atoms with E-state index in [1.165, 1.54) is 0 Å². The molecule has 1 aliphatic rings. The third kappa shape index (κ3) is 2.38. The van der Waals surface area contributed by atoms with Crippen LogP contribution in [0.5, 0.6) is 0 Å². The number of aliphatic hydroxyl groups excluding tert-OH is 1. The molecule has 0 atom stereocenters. The van der Waals surface area contributed by atoms with Crippen LogP contribution in [0, 0.1) is 0 Å². The fourth-order valence-electron chi connectivity index (χ4n) is 2.95. The summed E-state index contributed by atoms with van der Waals surface area (Å²) in [5.74, 6) is 0. The van der Waals surface area contributed by atoms with Gasteiger partial charge in [-0.1, -0.05) is 60.7 Å². The highest BCUT2D eigenvalue weighted by atomic mass is 16.3. The van der Waals surface area contributed by atoms with E-state index in [0.29, 0.717) is 0 Å². The molecule has 1 heterocycles. The van der Waals surface area contributed by atoms with Crippen LogP contribution in [-0.2, 0) is 5.41 Å². The van der Waals surface area contributed by atoms with Crippen LogP contribution in [0.2, 0.25) is 0 Å². The Morgan fingerprint density at radius 2 is 1.41 bits per heavy atom. The van der Waals surface area contributed by atoms with Gasteiger partial charge in [0.15, 0.2) is 0 Å². The predicted molar refractivity (Wildman–Crippen MR) is 87.8 cm³/mol. The van der Waals surface area contributed by atoms with E-state index in [-0.39, 0.29) is 12.1 Å². The molecule has 0 spiro atoms. The van der Waals surface area contributed by atoms with Crippen molar-refractivity contribution in [2.45, 2.75) is 24.8 Å². The van der Waals surface area contributed by atoms with Crippen molar-refractivity contribution in [3.8, 4) is 0 Å². The Labute approximate surface area is 131 Å². The molecule has 0 aliphatic carbocycles. The van der Waals surface area contributed by atoms with Crippen LogP contribution < -0.4 is 0 Å². The lowest BCUT2D eigenvalue weighted by Gasteiger charge is -2.32. The zero-order valence-electron chi connectivity index (χ0n) is 12.9. The molecule has 0 saturated carbocycles. The molecule has 0 fully saturated rings. The van der Waals surface area contributed by atoms with Crippen LogP contribution in [0.15, 0.2) is 82.7 Å². The maximum absolute atomic E-state index is 10.4. The molecule has 22 heavy (non-hydrogen) atoms. The van der Waals surface area contributed by atoms with Gasteiger partial charge in [0.05, 0.1) is 23.3 Å². The van der Waals surface area contributed by atoms with Gasteiger partial charge in [-0.2, -0.15) is 10.2 Å². The third-order valence-corrected chi connectivity index (χ3v) is 4.11. The highest BCUT2D eigenvalue weighted by Gasteiger charge is 2.41. The predicted octanol–water partition coefficient (Wildman–Crippen LogP) is 4.09. The smallest absolute Gasteiger partial charge is 0.0965 e. The number of benzene rings is 2. The van der Waals surface area contributed by atoms with Crippen LogP contribution >= 0.6 is 0 Å². The normalized spacial score (nSPS) is 16.6. The van der Waals surface area contributed by atoms with Gasteiger partial charge in [-0.05, 0) is 31.1 Å². The van der Waals surface area contributed by atoms with Gasteiger partial charge in [-0.15, -0.1) is 0 Å². The number of rotatable bonds is 4. The molecule has 2 aromatic rings. The second-order valence-corrected chi connectivity index (χ2v) is 6.18. The molecular weight excluding hydrogens is 272 g/mol. The highest BCUT2D eigenvalue weighted by molar-refractivity contribution is 5.49. The molecule has 3 heteroatoms. The van der Waals surface area contributed by atoms with Crippen LogP contribution in [0.4, 0.5) is 0 Å². The molecule has 3 nitrogen and oxygen atoms in total. The summed E-state index contributed by atoms with van der Waals surface area (Å²) in [7, 11) is 0. The Balaban J connectivity index is 2.25. The molecule has 0 aromatic heterocycles. The summed E-state index contributed by atoms with van der Waals surface area (Å²) in [6.07, 6.45) is 2.04. The first-order valence-corrected chi connectivity index (χ1v) is 7.47. The van der Waals surface area contributed by atoms with Crippen LogP contribution in [0.3, 0.4) is 0 Å². The van der Waals surface area contributed by atoms with E-state index in [2.05, 4.69) is 10.2 Å². The lowest BCUT2D eigenvalue weighted by Crippen LogP contribution is -2.34. The third-order valence-electron chi connectivity index (χ3n) is 4.11. The van der Waals surface area contributed by atoms with Crippen molar-refractivity contribution in [2.24, 2.45) is 10.2 Å². The van der Waals surface area contributed by atoms with E-state index in [4.69, 9.17) is 0 Å². The molecule has 112 valence electrons. The maximum Gasteiger partial charge on any atom is 0.0965 e. The van der Waals surface area contributed by atoms with Gasteiger partial charge < -0.3 is 5.11 Å². The van der Waals surface area contributed by atoms with E-state index in [1.807, 2.05) is 80.6 Å². The molecule has 1 N–H and O–H groups in total. The van der Waals surface area contributed by atoms with Crippen LogP contribution in [0.1, 0.15) is 25.0 Å². The van der Waals surface area contributed by atoms with Gasteiger partial charge >= 0.3 is 0 Å². The quantitative estimate of drug-likeness (QED) is 0.906. The Bertz CT molecular complexity index is 663. The van der Waals surface area contributed by atoms with E-state index >= 15 is 0 Å². The summed E-state index contributed by atoms with van der Waals surface area (Å²) in [4.78, 5) is 0. The largest absolute Gasteiger partial charge is 0.395 e. The van der Waals surface area contributed by atoms with Crippen LogP contribution in [-0.4, -0.2) is 17.3 Å². The average Bonchev–Trinajstić information content (AvgIpc) is 2.91. The van der Waals surface area contributed by atoms with Crippen molar-refractivity contribution >= 4 is 0 Å². The minimum absolute atomic E-state index is 0.0536. The van der Waals surface area contributed by atoms with Gasteiger partial charge in [-0.3, -0.25) is 0 Å². The number of azo groups is 1. The lowest BCUT2D eigenvalue weighted by molar-refractivity contribution is 0.239. The topological polar surface area (TPSA) is 45.0 Å². The summed E-state index contributed by atoms with van der Waals surface area (Å²) < 4.78 is 0. The highest BCUT2D eigenvalue weighted by Crippen LogP contribution is 2.43. The number of hydrogen-bond donors (Lipinski definition) is 1. The van der Waals surface area contributed by atoms with Gasteiger partial charge in [-0.25, -0.2) is 0 Å². The zero-order chi connectivity index (χ0) is 15.6. The zero-order valence-corrected chi connectivity index (χ0v) is 12.9. The van der Waals surface area contributed by atoms with Crippen molar-refractivity contribution in [3.63, 3.8) is 0 Å². The fourth-order valence-corrected chi connectivity index (χ4v) is 2.95. The van der Waals surface area contributed by atoms with E-state index in [1.54, 1.807) is 0 Å². The van der Waals surface area contributed by atoms with Gasteiger partial charge in [0.2, 0.25) is 0 Å².